The first-order valence-electron chi connectivity index (χ1n) is 7.04. The monoisotopic (exact) mass is 254 g/mol. The number of hydrogen-bond donors (Lipinski definition) is 1. The highest BCUT2D eigenvalue weighted by Crippen LogP contribution is 2.20. The Balaban J connectivity index is 1.78. The van der Waals surface area contributed by atoms with Crippen LogP contribution in [0, 0.1) is 0 Å². The molecule has 0 aromatic rings. The normalized spacial score (nSPS) is 24.3. The van der Waals surface area contributed by atoms with Crippen molar-refractivity contribution in [1.82, 2.24) is 14.7 Å². The van der Waals surface area contributed by atoms with Gasteiger partial charge in [-0.15, -0.1) is 0 Å². The number of hydrogen-bond acceptors (Lipinski definition) is 3. The van der Waals surface area contributed by atoms with Gasteiger partial charge in [-0.2, -0.15) is 0 Å². The highest BCUT2D eigenvalue weighted by atomic mass is 16.2. The number of urea groups is 1. The largest absolute Gasteiger partial charge is 0.331 e. The summed E-state index contributed by atoms with van der Waals surface area (Å²) in [5.41, 5.74) is 5.94. The van der Waals surface area contributed by atoms with Crippen LogP contribution in [0.3, 0.4) is 0 Å². The summed E-state index contributed by atoms with van der Waals surface area (Å²) in [5, 5.41) is 0. The van der Waals surface area contributed by atoms with Gasteiger partial charge in [-0.3, -0.25) is 0 Å². The van der Waals surface area contributed by atoms with Gasteiger partial charge >= 0.3 is 6.03 Å². The first kappa shape index (κ1) is 13.6. The predicted octanol–water partition coefficient (Wildman–Crippen LogP) is 0.556. The van der Waals surface area contributed by atoms with Crippen molar-refractivity contribution in [2.75, 3.05) is 40.3 Å². The molecular weight excluding hydrogens is 228 g/mol. The van der Waals surface area contributed by atoms with Crippen LogP contribution in [0.4, 0.5) is 4.79 Å². The summed E-state index contributed by atoms with van der Waals surface area (Å²) in [5.74, 6) is 0. The Hall–Kier alpha value is -0.810. The quantitative estimate of drug-likeness (QED) is 0.744. The molecule has 0 aromatic heterocycles. The Morgan fingerprint density at radius 2 is 1.61 bits per heavy atom. The fraction of sp³-hybridized carbons (Fsp3) is 0.923. The summed E-state index contributed by atoms with van der Waals surface area (Å²) >= 11 is 0. The number of nitrogens with zero attached hydrogens (tertiary/aromatic N) is 3. The lowest BCUT2D eigenvalue weighted by Crippen LogP contribution is -2.51. The summed E-state index contributed by atoms with van der Waals surface area (Å²) in [4.78, 5) is 18.0. The molecule has 2 saturated heterocycles. The highest BCUT2D eigenvalue weighted by Gasteiger charge is 2.29. The lowest BCUT2D eigenvalue weighted by atomic mass is 9.98. The molecule has 0 aliphatic carbocycles. The average molecular weight is 254 g/mol. The van der Waals surface area contributed by atoms with E-state index >= 15 is 0 Å². The molecule has 18 heavy (non-hydrogen) atoms. The smallest absolute Gasteiger partial charge is 0.319 e. The standard InChI is InChI=1S/C13H26N4O/c1-15(2)13(18)17-9-5-12(6-10-17)16-7-3-11(14)4-8-16/h11-12H,3-10,14H2,1-2H3. The maximum absolute atomic E-state index is 11.8. The fourth-order valence-corrected chi connectivity index (χ4v) is 2.99. The molecule has 2 heterocycles. The van der Waals surface area contributed by atoms with Crippen LogP contribution in [-0.4, -0.2) is 73.1 Å². The fourth-order valence-electron chi connectivity index (χ4n) is 2.99. The summed E-state index contributed by atoms with van der Waals surface area (Å²) in [7, 11) is 3.64. The van der Waals surface area contributed by atoms with Crippen LogP contribution in [0.1, 0.15) is 25.7 Å². The van der Waals surface area contributed by atoms with E-state index in [0.717, 1.165) is 51.9 Å². The van der Waals surface area contributed by atoms with Crippen LogP contribution in [-0.2, 0) is 0 Å². The van der Waals surface area contributed by atoms with Crippen molar-refractivity contribution in [1.29, 1.82) is 0 Å². The van der Waals surface area contributed by atoms with E-state index in [4.69, 9.17) is 5.73 Å². The lowest BCUT2D eigenvalue weighted by molar-refractivity contribution is 0.0902. The molecule has 104 valence electrons. The van der Waals surface area contributed by atoms with Crippen molar-refractivity contribution in [3.63, 3.8) is 0 Å². The number of amides is 2. The highest BCUT2D eigenvalue weighted by molar-refractivity contribution is 5.73. The Kier molecular flexibility index (Phi) is 4.45. The van der Waals surface area contributed by atoms with Crippen molar-refractivity contribution in [2.45, 2.75) is 37.8 Å². The Morgan fingerprint density at radius 1 is 1.06 bits per heavy atom. The molecule has 0 atom stereocenters. The maximum atomic E-state index is 11.8. The molecule has 2 fully saturated rings. The summed E-state index contributed by atoms with van der Waals surface area (Å²) in [6.07, 6.45) is 4.46. The molecule has 0 saturated carbocycles. The molecule has 2 rings (SSSR count). The van der Waals surface area contributed by atoms with Gasteiger partial charge in [0.25, 0.3) is 0 Å². The Labute approximate surface area is 110 Å². The molecule has 5 nitrogen and oxygen atoms in total. The van der Waals surface area contributed by atoms with Gasteiger partial charge < -0.3 is 20.4 Å². The number of piperidine rings is 2. The van der Waals surface area contributed by atoms with Gasteiger partial charge in [0.1, 0.15) is 0 Å². The zero-order valence-corrected chi connectivity index (χ0v) is 11.6. The molecule has 2 amide bonds. The predicted molar refractivity (Wildman–Crippen MR) is 72.5 cm³/mol. The SMILES string of the molecule is CN(C)C(=O)N1CCC(N2CCC(N)CC2)CC1. The third-order valence-electron chi connectivity index (χ3n) is 4.21. The number of likely N-dealkylation sites (tertiary alicyclic amines) is 2. The van der Waals surface area contributed by atoms with E-state index in [1.54, 1.807) is 4.90 Å². The van der Waals surface area contributed by atoms with Crippen LogP contribution in [0.2, 0.25) is 0 Å². The Morgan fingerprint density at radius 3 is 2.11 bits per heavy atom. The average Bonchev–Trinajstić information content (AvgIpc) is 2.39. The second-order valence-electron chi connectivity index (χ2n) is 5.77. The summed E-state index contributed by atoms with van der Waals surface area (Å²) in [6.45, 7) is 4.05. The minimum Gasteiger partial charge on any atom is -0.331 e. The molecule has 0 aromatic carbocycles. The van der Waals surface area contributed by atoms with Gasteiger partial charge in [-0.25, -0.2) is 4.79 Å². The minimum atomic E-state index is 0.147. The van der Waals surface area contributed by atoms with Crippen molar-refractivity contribution in [3.05, 3.63) is 0 Å². The molecule has 0 radical (unpaired) electrons. The van der Waals surface area contributed by atoms with E-state index in [2.05, 4.69) is 4.90 Å². The number of rotatable bonds is 1. The van der Waals surface area contributed by atoms with Crippen LogP contribution in [0.5, 0.6) is 0 Å². The second-order valence-corrected chi connectivity index (χ2v) is 5.77. The van der Waals surface area contributed by atoms with Crippen LogP contribution in [0.15, 0.2) is 0 Å². The molecule has 0 bridgehead atoms. The van der Waals surface area contributed by atoms with E-state index in [9.17, 15) is 4.79 Å². The van der Waals surface area contributed by atoms with Crippen molar-refractivity contribution >= 4 is 6.03 Å². The topological polar surface area (TPSA) is 52.8 Å². The second kappa shape index (κ2) is 5.89. The zero-order chi connectivity index (χ0) is 13.1. The number of carbonyl (C=O) groups is 1. The van der Waals surface area contributed by atoms with E-state index in [1.807, 2.05) is 19.0 Å². The van der Waals surface area contributed by atoms with E-state index in [1.165, 1.54) is 0 Å². The van der Waals surface area contributed by atoms with Crippen molar-refractivity contribution in [2.24, 2.45) is 5.73 Å². The molecule has 0 spiro atoms. The molecule has 2 aliphatic rings. The lowest BCUT2D eigenvalue weighted by Gasteiger charge is -2.41. The van der Waals surface area contributed by atoms with Gasteiger partial charge in [0, 0.05) is 39.3 Å². The van der Waals surface area contributed by atoms with Gasteiger partial charge in [0.05, 0.1) is 0 Å². The van der Waals surface area contributed by atoms with E-state index in [0.29, 0.717) is 12.1 Å². The minimum absolute atomic E-state index is 0.147. The summed E-state index contributed by atoms with van der Waals surface area (Å²) < 4.78 is 0. The van der Waals surface area contributed by atoms with Crippen molar-refractivity contribution in [3.8, 4) is 0 Å². The molecule has 0 unspecified atom stereocenters. The van der Waals surface area contributed by atoms with Gasteiger partial charge in [-0.1, -0.05) is 0 Å². The maximum Gasteiger partial charge on any atom is 0.319 e. The van der Waals surface area contributed by atoms with Gasteiger partial charge in [0.15, 0.2) is 0 Å². The number of carbonyl (C=O) groups excluding carboxylic acids is 1. The third-order valence-corrected chi connectivity index (χ3v) is 4.21. The summed E-state index contributed by atoms with van der Waals surface area (Å²) in [6, 6.07) is 1.20. The van der Waals surface area contributed by atoms with Crippen LogP contribution in [0.25, 0.3) is 0 Å². The molecular formula is C13H26N4O. The first-order chi connectivity index (χ1) is 8.58. The van der Waals surface area contributed by atoms with Crippen LogP contribution >= 0.6 is 0 Å². The molecule has 2 N–H and O–H groups in total. The zero-order valence-electron chi connectivity index (χ0n) is 11.6. The van der Waals surface area contributed by atoms with E-state index < -0.39 is 0 Å². The molecule has 2 aliphatic heterocycles. The van der Waals surface area contributed by atoms with Gasteiger partial charge in [0.2, 0.25) is 0 Å². The van der Waals surface area contributed by atoms with Gasteiger partial charge in [-0.05, 0) is 38.8 Å². The van der Waals surface area contributed by atoms with E-state index in [-0.39, 0.29) is 6.03 Å². The Bertz CT molecular complexity index is 279. The third kappa shape index (κ3) is 3.14. The molecule has 5 heteroatoms. The number of nitrogens with two attached hydrogens (primary N) is 1. The van der Waals surface area contributed by atoms with Crippen LogP contribution < -0.4 is 5.73 Å². The first-order valence-corrected chi connectivity index (χ1v) is 7.04. The van der Waals surface area contributed by atoms with Crippen molar-refractivity contribution < 1.29 is 4.79 Å².